The largest absolute Gasteiger partial charge is 0.381 e. The third kappa shape index (κ3) is 2.43. The smallest absolute Gasteiger partial charge is 0.239 e. The zero-order chi connectivity index (χ0) is 20.1. The van der Waals surface area contributed by atoms with Crippen LogP contribution in [0.15, 0.2) is 72.8 Å². The fourth-order valence-corrected chi connectivity index (χ4v) is 5.80. The van der Waals surface area contributed by atoms with Crippen molar-refractivity contribution in [3.05, 3.63) is 89.5 Å². The van der Waals surface area contributed by atoms with Gasteiger partial charge in [-0.05, 0) is 60.6 Å². The fourth-order valence-electron chi connectivity index (χ4n) is 5.80. The Morgan fingerprint density at radius 1 is 0.667 bits per heavy atom. The highest BCUT2D eigenvalue weighted by molar-refractivity contribution is 6.08. The second-order valence-electron chi connectivity index (χ2n) is 8.65. The molecule has 0 aliphatic carbocycles. The fraction of sp³-hybridized carbons (Fsp3) is 0.269. The van der Waals surface area contributed by atoms with E-state index in [9.17, 15) is 4.79 Å². The van der Waals surface area contributed by atoms with Crippen molar-refractivity contribution < 1.29 is 4.79 Å². The first kappa shape index (κ1) is 17.6. The molecule has 3 aliphatic heterocycles. The molecule has 30 heavy (non-hydrogen) atoms. The molecule has 0 aromatic heterocycles. The van der Waals surface area contributed by atoms with Crippen molar-refractivity contribution in [2.24, 2.45) is 0 Å². The van der Waals surface area contributed by atoms with E-state index in [1.807, 2.05) is 12.1 Å². The molecule has 0 saturated carbocycles. The zero-order valence-electron chi connectivity index (χ0n) is 16.8. The molecule has 3 aromatic rings. The molecular weight excluding hydrogens is 370 g/mol. The van der Waals surface area contributed by atoms with Crippen molar-refractivity contribution in [3.63, 3.8) is 0 Å². The van der Waals surface area contributed by atoms with Gasteiger partial charge in [0.15, 0.2) is 0 Å². The molecule has 4 nitrogen and oxygen atoms in total. The summed E-state index contributed by atoms with van der Waals surface area (Å²) in [6.45, 7) is 0. The van der Waals surface area contributed by atoms with Crippen LogP contribution < -0.4 is 16.0 Å². The predicted molar refractivity (Wildman–Crippen MR) is 121 cm³/mol. The first-order valence-electron chi connectivity index (χ1n) is 10.9. The van der Waals surface area contributed by atoms with Gasteiger partial charge < -0.3 is 16.0 Å². The molecule has 3 heterocycles. The highest BCUT2D eigenvalue weighted by Crippen LogP contribution is 2.49. The van der Waals surface area contributed by atoms with Crippen LogP contribution in [0.4, 0.5) is 17.1 Å². The summed E-state index contributed by atoms with van der Waals surface area (Å²) in [5, 5.41) is 10.8. The number of amides is 1. The van der Waals surface area contributed by atoms with Gasteiger partial charge in [-0.3, -0.25) is 4.79 Å². The molecule has 3 aliphatic rings. The van der Waals surface area contributed by atoms with Crippen LogP contribution in [-0.4, -0.2) is 18.0 Å². The number of anilines is 3. The Morgan fingerprint density at radius 3 is 1.77 bits per heavy atom. The van der Waals surface area contributed by atoms with Crippen LogP contribution in [0.5, 0.6) is 0 Å². The molecule has 0 saturated heterocycles. The van der Waals surface area contributed by atoms with E-state index in [-0.39, 0.29) is 18.0 Å². The van der Waals surface area contributed by atoms with Crippen LogP contribution in [-0.2, 0) is 23.1 Å². The van der Waals surface area contributed by atoms with E-state index in [0.29, 0.717) is 0 Å². The number of aryl methyl sites for hydroxylation is 2. The number of rotatable bonds is 2. The lowest BCUT2D eigenvalue weighted by Gasteiger charge is -2.46. The SMILES string of the molecule is O=C1Nc2ccccc2C1(C1CCc2ccccc2N1)C1CCc2ccccc2N1. The van der Waals surface area contributed by atoms with Gasteiger partial charge in [0.25, 0.3) is 0 Å². The van der Waals surface area contributed by atoms with Gasteiger partial charge in [0.05, 0.1) is 0 Å². The molecule has 2 atom stereocenters. The van der Waals surface area contributed by atoms with Gasteiger partial charge in [-0.15, -0.1) is 0 Å². The molecule has 0 fully saturated rings. The molecule has 0 bridgehead atoms. The first-order valence-corrected chi connectivity index (χ1v) is 10.9. The van der Waals surface area contributed by atoms with Crippen molar-refractivity contribution in [1.82, 2.24) is 0 Å². The van der Waals surface area contributed by atoms with Crippen molar-refractivity contribution in [1.29, 1.82) is 0 Å². The van der Waals surface area contributed by atoms with Crippen molar-refractivity contribution in [2.45, 2.75) is 43.2 Å². The lowest BCUT2D eigenvalue weighted by Crippen LogP contribution is -2.61. The topological polar surface area (TPSA) is 53.2 Å². The summed E-state index contributed by atoms with van der Waals surface area (Å²) in [6, 6.07) is 25.2. The minimum atomic E-state index is -0.655. The molecule has 3 N–H and O–H groups in total. The normalized spacial score (nSPS) is 26.5. The highest BCUT2D eigenvalue weighted by Gasteiger charge is 2.58. The van der Waals surface area contributed by atoms with Crippen LogP contribution >= 0.6 is 0 Å². The number of benzene rings is 3. The number of para-hydroxylation sites is 3. The quantitative estimate of drug-likeness (QED) is 0.588. The number of hydrogen-bond acceptors (Lipinski definition) is 3. The van der Waals surface area contributed by atoms with E-state index >= 15 is 0 Å². The molecule has 3 aromatic carbocycles. The monoisotopic (exact) mass is 395 g/mol. The maximum absolute atomic E-state index is 13.8. The van der Waals surface area contributed by atoms with Crippen LogP contribution in [0, 0.1) is 0 Å². The van der Waals surface area contributed by atoms with Crippen molar-refractivity contribution in [3.8, 4) is 0 Å². The van der Waals surface area contributed by atoms with Gasteiger partial charge in [-0.25, -0.2) is 0 Å². The minimum absolute atomic E-state index is 0.0267. The third-order valence-corrected chi connectivity index (χ3v) is 7.19. The third-order valence-electron chi connectivity index (χ3n) is 7.19. The van der Waals surface area contributed by atoms with E-state index in [1.54, 1.807) is 0 Å². The summed E-state index contributed by atoms with van der Waals surface area (Å²) in [5.74, 6) is 0.109. The summed E-state index contributed by atoms with van der Waals surface area (Å²) >= 11 is 0. The number of carbonyl (C=O) groups is 1. The van der Waals surface area contributed by atoms with Gasteiger partial charge in [0, 0.05) is 29.1 Å². The van der Waals surface area contributed by atoms with Crippen LogP contribution in [0.1, 0.15) is 29.5 Å². The number of hydrogen-bond donors (Lipinski definition) is 3. The van der Waals surface area contributed by atoms with E-state index in [1.165, 1.54) is 11.1 Å². The number of nitrogens with one attached hydrogen (secondary N) is 3. The summed E-state index contributed by atoms with van der Waals surface area (Å²) in [6.07, 6.45) is 3.82. The van der Waals surface area contributed by atoms with Crippen LogP contribution in [0.3, 0.4) is 0 Å². The van der Waals surface area contributed by atoms with Crippen LogP contribution in [0.25, 0.3) is 0 Å². The zero-order valence-corrected chi connectivity index (χ0v) is 16.8. The van der Waals surface area contributed by atoms with Crippen molar-refractivity contribution in [2.75, 3.05) is 16.0 Å². The molecule has 150 valence electrons. The average molecular weight is 396 g/mol. The van der Waals surface area contributed by atoms with Crippen molar-refractivity contribution >= 4 is 23.0 Å². The van der Waals surface area contributed by atoms with Crippen LogP contribution in [0.2, 0.25) is 0 Å². The maximum atomic E-state index is 13.8. The molecule has 6 rings (SSSR count). The Labute approximate surface area is 176 Å². The molecule has 0 radical (unpaired) electrons. The lowest BCUT2D eigenvalue weighted by molar-refractivity contribution is -0.122. The van der Waals surface area contributed by atoms with Gasteiger partial charge in [-0.1, -0.05) is 54.6 Å². The number of carbonyl (C=O) groups excluding carboxylic acids is 1. The van der Waals surface area contributed by atoms with E-state index in [2.05, 4.69) is 76.6 Å². The van der Waals surface area contributed by atoms with E-state index < -0.39 is 5.41 Å². The molecule has 4 heteroatoms. The van der Waals surface area contributed by atoms with E-state index in [0.717, 1.165) is 48.3 Å². The van der Waals surface area contributed by atoms with Gasteiger partial charge >= 0.3 is 0 Å². The summed E-state index contributed by atoms with van der Waals surface area (Å²) in [5.41, 5.74) is 6.38. The first-order chi connectivity index (χ1) is 14.8. The Balaban J connectivity index is 1.49. The second-order valence-corrected chi connectivity index (χ2v) is 8.65. The maximum Gasteiger partial charge on any atom is 0.239 e. The highest BCUT2D eigenvalue weighted by atomic mass is 16.2. The minimum Gasteiger partial charge on any atom is -0.381 e. The number of fused-ring (bicyclic) bond motifs is 3. The Bertz CT molecular complexity index is 1080. The Kier molecular flexibility index (Phi) is 3.88. The van der Waals surface area contributed by atoms with E-state index in [4.69, 9.17) is 0 Å². The Hall–Kier alpha value is -3.27. The van der Waals surface area contributed by atoms with Gasteiger partial charge in [-0.2, -0.15) is 0 Å². The molecule has 2 unspecified atom stereocenters. The summed E-state index contributed by atoms with van der Waals surface area (Å²) in [4.78, 5) is 13.8. The average Bonchev–Trinajstić information content (AvgIpc) is 3.11. The summed E-state index contributed by atoms with van der Waals surface area (Å²) in [7, 11) is 0. The standard InChI is InChI=1S/C26H25N3O/c30-25-26(19-9-3-6-12-22(19)29-25,23-15-13-17-7-1-4-10-20(17)27-23)24-16-14-18-8-2-5-11-21(18)28-24/h1-12,23-24,27-28H,13-16H2,(H,29,30). The molecule has 0 spiro atoms. The van der Waals surface area contributed by atoms with Gasteiger partial charge in [0.1, 0.15) is 5.41 Å². The molecule has 1 amide bonds. The molecular formula is C26H25N3O. The predicted octanol–water partition coefficient (Wildman–Crippen LogP) is 4.73. The lowest BCUT2D eigenvalue weighted by atomic mass is 9.65. The Morgan fingerprint density at radius 2 is 1.17 bits per heavy atom. The van der Waals surface area contributed by atoms with Gasteiger partial charge in [0.2, 0.25) is 5.91 Å². The summed E-state index contributed by atoms with van der Waals surface area (Å²) < 4.78 is 0. The second kappa shape index (κ2) is 6.63.